The molecule has 4 saturated heterocycles. The Bertz CT molecular complexity index is 4840. The second-order valence-electron chi connectivity index (χ2n) is 38.0. The maximum absolute atomic E-state index is 13.1. The van der Waals surface area contributed by atoms with Gasteiger partial charge in [-0.2, -0.15) is 0 Å². The van der Waals surface area contributed by atoms with Crippen LogP contribution in [-0.4, -0.2) is 118 Å². The molecule has 2 N–H and O–H groups in total. The highest BCUT2D eigenvalue weighted by atomic mass is 19.1. The fourth-order valence-electron chi connectivity index (χ4n) is 19.7. The Balaban J connectivity index is 0.000000137. The van der Waals surface area contributed by atoms with Gasteiger partial charge in [0.25, 0.3) is 0 Å². The van der Waals surface area contributed by atoms with Crippen molar-refractivity contribution in [3.05, 3.63) is 312 Å². The molecule has 12 atom stereocenters. The molecule has 14 heteroatoms. The van der Waals surface area contributed by atoms with Gasteiger partial charge in [0.2, 0.25) is 0 Å². The number of Topliss-reactive ketones (excluding diaryl/α,β-unsaturated/α-hetero) is 3. The fourth-order valence-corrected chi connectivity index (χ4v) is 19.7. The molecule has 0 spiro atoms. The number of halogens is 1. The number of ketones is 3. The smallest absolute Gasteiger partial charge is 0.155 e. The third kappa shape index (κ3) is 31.0. The van der Waals surface area contributed by atoms with Crippen molar-refractivity contribution in [2.24, 2.45) is 35.5 Å². The number of piperidine rings is 4. The summed E-state index contributed by atoms with van der Waals surface area (Å²) in [6.07, 6.45) is 28.9. The molecule has 13 nitrogen and oxygen atoms in total. The van der Waals surface area contributed by atoms with E-state index in [2.05, 4.69) is 229 Å². The number of hydrogen-bond donors (Lipinski definition) is 2. The normalized spacial score (nSPS) is 22.6. The number of nitrogens with zero attached hydrogens (tertiary/aromatic N) is 4. The monoisotopic (exact) mass is 1730 g/mol. The van der Waals surface area contributed by atoms with E-state index in [-0.39, 0.29) is 30.4 Å². The highest BCUT2D eigenvalue weighted by Gasteiger charge is 2.41. The lowest BCUT2D eigenvalue weighted by atomic mass is 9.90. The standard InChI is InChI=1S/C24H28FNO2.C24H29NO2.C24H29NO.C22H27NO2.C20H30O2/c1-17(27)24-15-19(24)7-4-18-5-10-21(11-6-18)26-14-2-3-23(16-26)28-22-12-8-20(25)9-13-22;1-18(26)24-16-20(24)12-9-19-10-13-21(14-11-19)25-15-5-8-23(17-25)27-22-6-3-2-4-7-22;1-18(26)24-16-21(24)12-9-19-10-13-23(14-11-19)25-15-5-8-22(17-25)20-6-3-2-4-7-20;1-18(24)17-25-15-13-19-9-11-22(12-10-19)23-14-5-8-21(16-23)20-6-3-2-4-7-20;1-15(2)22-20-13-12-19(14-20)18-10-8-17(9-11-18)7-5-4-6-16(3)21/h5-6,8-13,19,23-24H,2-4,7,14-16H2,1H3;2-4,6-7,10-11,13-14,20,23-24,26H,1,5,8-9,12,15-17H2;2-4,6-7,10-11,13-14,21-22,24,26H,1,5,8-9,12,15-17H2;2-4,6-7,9-12,21H,5,8,13-17H2,1H3;8-11,15,19-20H,4-7,12-14H2,1-3H3. The average Bonchev–Trinajstić information content (AvgIpc) is 1.65. The van der Waals surface area contributed by atoms with Crippen LogP contribution in [0.1, 0.15) is 225 Å². The highest BCUT2D eigenvalue weighted by molar-refractivity contribution is 5.81. The van der Waals surface area contributed by atoms with Gasteiger partial charge >= 0.3 is 0 Å². The van der Waals surface area contributed by atoms with Crippen molar-refractivity contribution in [2.75, 3.05) is 85.2 Å². The molecule has 0 radical (unpaired) electrons. The van der Waals surface area contributed by atoms with Crippen LogP contribution in [0.2, 0.25) is 0 Å². The second kappa shape index (κ2) is 48.9. The fraction of sp³-hybridized carbons (Fsp3) is 0.465. The Morgan fingerprint density at radius 3 is 1.18 bits per heavy atom. The molecular formula is C114H143FN4O9. The van der Waals surface area contributed by atoms with E-state index in [1.807, 2.05) is 30.3 Å². The molecule has 9 aromatic rings. The summed E-state index contributed by atoms with van der Waals surface area (Å²) >= 11 is 0. The first kappa shape index (κ1) is 95.3. The Morgan fingerprint density at radius 2 is 0.773 bits per heavy atom. The van der Waals surface area contributed by atoms with Gasteiger partial charge in [0.15, 0.2) is 5.78 Å². The molecule has 4 aliphatic carbocycles. The minimum Gasteiger partial charge on any atom is -0.513 e. The van der Waals surface area contributed by atoms with Crippen LogP contribution in [-0.2, 0) is 56.0 Å². The Morgan fingerprint density at radius 1 is 0.391 bits per heavy atom. The molecule has 4 aliphatic heterocycles. The van der Waals surface area contributed by atoms with E-state index in [0.29, 0.717) is 95.2 Å². The largest absolute Gasteiger partial charge is 0.513 e. The maximum atomic E-state index is 13.1. The van der Waals surface area contributed by atoms with E-state index >= 15 is 0 Å². The molecule has 8 aliphatic rings. The first-order valence-corrected chi connectivity index (χ1v) is 48.4. The summed E-state index contributed by atoms with van der Waals surface area (Å²) < 4.78 is 36.6. The number of ether oxygens (including phenoxy) is 4. The summed E-state index contributed by atoms with van der Waals surface area (Å²) in [6, 6.07) is 83.1. The van der Waals surface area contributed by atoms with E-state index in [4.69, 9.17) is 18.9 Å². The van der Waals surface area contributed by atoms with Gasteiger partial charge in [-0.25, -0.2) is 4.39 Å². The Kier molecular flexibility index (Phi) is 36.4. The van der Waals surface area contributed by atoms with Crippen LogP contribution in [0.3, 0.4) is 0 Å². The van der Waals surface area contributed by atoms with Crippen LogP contribution in [0.4, 0.5) is 27.1 Å². The van der Waals surface area contributed by atoms with Gasteiger partial charge in [-0.1, -0.05) is 165 Å². The van der Waals surface area contributed by atoms with Crippen molar-refractivity contribution in [3.63, 3.8) is 0 Å². The number of para-hydroxylation sites is 1. The lowest BCUT2D eigenvalue weighted by Crippen LogP contribution is -2.41. The molecule has 9 aromatic carbocycles. The molecule has 0 amide bonds. The predicted molar refractivity (Wildman–Crippen MR) is 522 cm³/mol. The van der Waals surface area contributed by atoms with Gasteiger partial charge in [0, 0.05) is 98.0 Å². The number of aryl methyl sites for hydroxylation is 4. The number of aliphatic hydroxyl groups is 2. The van der Waals surface area contributed by atoms with Gasteiger partial charge in [-0.05, 0) is 342 Å². The average molecular weight is 1730 g/mol. The van der Waals surface area contributed by atoms with Gasteiger partial charge in [-0.15, -0.1) is 0 Å². The molecule has 4 saturated carbocycles. The van der Waals surface area contributed by atoms with Crippen molar-refractivity contribution in [2.45, 2.75) is 237 Å². The lowest BCUT2D eigenvalue weighted by molar-refractivity contribution is -0.121. The van der Waals surface area contributed by atoms with Crippen LogP contribution >= 0.6 is 0 Å². The SMILES string of the molecule is C=C(O)C1CC1CCc1ccc(N2CCCC(Oc3ccccc3)C2)cc1.C=C(O)C1CC1CCc1ccc(N2CCCC(c3ccccc3)C2)cc1.CC(=O)C1CC1CCc1ccc(N2CCCC(Oc3ccc(F)cc3)C2)cc1.CC(=O)CCCCc1ccc(C2CCC(OC(C)C)C2)cc1.CC(=O)COCCc1ccc(N2CCCC(c3ccccc3)C2)cc1. The zero-order valence-electron chi connectivity index (χ0n) is 77.1. The minimum atomic E-state index is -0.240. The maximum Gasteiger partial charge on any atom is 0.155 e. The van der Waals surface area contributed by atoms with E-state index in [1.54, 1.807) is 32.9 Å². The van der Waals surface area contributed by atoms with Crippen molar-refractivity contribution in [1.82, 2.24) is 0 Å². The molecule has 128 heavy (non-hydrogen) atoms. The highest BCUT2D eigenvalue weighted by Crippen LogP contribution is 2.48. The zero-order valence-corrected chi connectivity index (χ0v) is 77.1. The first-order valence-electron chi connectivity index (χ1n) is 48.4. The summed E-state index contributed by atoms with van der Waals surface area (Å²) in [5.41, 5.74) is 16.3. The van der Waals surface area contributed by atoms with Crippen LogP contribution in [0.25, 0.3) is 0 Å². The third-order valence-corrected chi connectivity index (χ3v) is 27.5. The van der Waals surface area contributed by atoms with E-state index in [1.165, 1.54) is 118 Å². The topological polar surface area (TPSA) is 142 Å². The number of allylic oxidation sites excluding steroid dienone is 2. The summed E-state index contributed by atoms with van der Waals surface area (Å²) in [7, 11) is 0. The number of aliphatic hydroxyl groups excluding tert-OH is 2. The van der Waals surface area contributed by atoms with Crippen molar-refractivity contribution in [3.8, 4) is 11.5 Å². The van der Waals surface area contributed by atoms with Crippen molar-refractivity contribution < 1.29 is 47.9 Å². The Hall–Kier alpha value is -10.3. The first-order chi connectivity index (χ1) is 62.2. The number of carbonyl (C=O) groups is 3. The summed E-state index contributed by atoms with van der Waals surface area (Å²) in [5.74, 6) is 7.75. The van der Waals surface area contributed by atoms with E-state index in [0.717, 1.165) is 186 Å². The minimum absolute atomic E-state index is 0.0772. The van der Waals surface area contributed by atoms with E-state index in [9.17, 15) is 29.0 Å². The van der Waals surface area contributed by atoms with Crippen molar-refractivity contribution in [1.29, 1.82) is 0 Å². The summed E-state index contributed by atoms with van der Waals surface area (Å²) in [5, 5.41) is 18.9. The molecule has 17 rings (SSSR count). The third-order valence-electron chi connectivity index (χ3n) is 27.5. The molecule has 4 heterocycles. The molecule has 680 valence electrons. The lowest BCUT2D eigenvalue weighted by Gasteiger charge is -2.34. The quantitative estimate of drug-likeness (QED) is 0.0288. The Labute approximate surface area is 764 Å². The molecular weight excluding hydrogens is 1590 g/mol. The van der Waals surface area contributed by atoms with Crippen LogP contribution in [0.5, 0.6) is 11.5 Å². The van der Waals surface area contributed by atoms with Gasteiger partial charge < -0.3 is 53.6 Å². The van der Waals surface area contributed by atoms with Crippen LogP contribution < -0.4 is 29.1 Å². The number of rotatable bonds is 35. The number of carbonyl (C=O) groups excluding carboxylic acids is 3. The second-order valence-corrected chi connectivity index (χ2v) is 38.0. The number of benzene rings is 9. The zero-order chi connectivity index (χ0) is 89.5. The molecule has 0 aromatic heterocycles. The molecule has 8 fully saturated rings. The van der Waals surface area contributed by atoms with Gasteiger partial charge in [0.1, 0.15) is 47.7 Å². The summed E-state index contributed by atoms with van der Waals surface area (Å²) in [6.45, 7) is 25.7. The number of unbranched alkanes of at least 4 members (excludes halogenated alkanes) is 1. The van der Waals surface area contributed by atoms with Gasteiger partial charge in [0.05, 0.1) is 43.4 Å². The number of hydrogen-bond acceptors (Lipinski definition) is 13. The molecule has 0 bridgehead atoms. The van der Waals surface area contributed by atoms with Crippen LogP contribution in [0, 0.1) is 41.3 Å². The van der Waals surface area contributed by atoms with Crippen molar-refractivity contribution >= 4 is 40.1 Å². The number of anilines is 4. The van der Waals surface area contributed by atoms with Crippen LogP contribution in [0.15, 0.2) is 261 Å². The molecule has 12 unspecified atom stereocenters. The summed E-state index contributed by atoms with van der Waals surface area (Å²) in [4.78, 5) is 43.0. The predicted octanol–water partition coefficient (Wildman–Crippen LogP) is 25.4. The van der Waals surface area contributed by atoms with E-state index < -0.39 is 0 Å². The van der Waals surface area contributed by atoms with Gasteiger partial charge in [-0.3, -0.25) is 9.59 Å².